The third kappa shape index (κ3) is 2.01. The predicted molar refractivity (Wildman–Crippen MR) is 76.7 cm³/mol. The molecule has 0 spiro atoms. The van der Waals surface area contributed by atoms with Gasteiger partial charge in [-0.15, -0.1) is 14.7 Å². The van der Waals surface area contributed by atoms with Gasteiger partial charge in [0.05, 0.1) is 4.90 Å². The number of nitroso groups, excluding NO2 is 3. The van der Waals surface area contributed by atoms with Crippen molar-refractivity contribution < 1.29 is 0 Å². The molecule has 6 nitrogen and oxygen atoms in total. The maximum Gasteiger partial charge on any atom is 0.197 e. The molecule has 0 N–H and O–H groups in total. The van der Waals surface area contributed by atoms with E-state index in [0.29, 0.717) is 0 Å². The molecule has 0 heterocycles. The molecule has 2 aromatic carbocycles. The van der Waals surface area contributed by atoms with Crippen LogP contribution in [0.3, 0.4) is 0 Å². The van der Waals surface area contributed by atoms with Gasteiger partial charge < -0.3 is 0 Å². The normalized spacial score (nSPS) is 12.1. The van der Waals surface area contributed by atoms with E-state index in [1.807, 2.05) is 26.0 Å². The van der Waals surface area contributed by atoms with Crippen LogP contribution in [0.15, 0.2) is 49.0 Å². The topological polar surface area (TPSA) is 88.3 Å². The minimum Gasteiger partial charge on any atom is -0.135 e. The molecule has 0 bridgehead atoms. The molecule has 0 fully saturated rings. The van der Waals surface area contributed by atoms with Crippen molar-refractivity contribution in [3.8, 4) is 0 Å². The molecule has 2 aromatic rings. The number of aryl methyl sites for hydroxylation is 2. The van der Waals surface area contributed by atoms with Gasteiger partial charge >= 0.3 is 0 Å². The van der Waals surface area contributed by atoms with E-state index < -0.39 is 10.6 Å². The van der Waals surface area contributed by atoms with Crippen molar-refractivity contribution in [3.63, 3.8) is 0 Å². The Hall–Kier alpha value is -2.15. The van der Waals surface area contributed by atoms with Crippen molar-refractivity contribution in [3.05, 3.63) is 56.2 Å². The molecule has 0 saturated carbocycles. The zero-order valence-corrected chi connectivity index (χ0v) is 11.2. The Morgan fingerprint density at radius 1 is 0.789 bits per heavy atom. The molecule has 0 aliphatic heterocycles. The summed E-state index contributed by atoms with van der Waals surface area (Å²) in [5, 5.41) is 1.84. The van der Waals surface area contributed by atoms with E-state index in [0.717, 1.165) is 21.9 Å². The molecule has 0 atom stereocenters. The number of hydrogen-bond donors (Lipinski definition) is 0. The van der Waals surface area contributed by atoms with Crippen LogP contribution < -0.4 is 0 Å². The highest BCUT2D eigenvalue weighted by Gasteiger charge is 2.31. The first-order valence-electron chi connectivity index (χ1n) is 5.45. The summed E-state index contributed by atoms with van der Waals surface area (Å²) in [6, 6.07) is 8.75. The highest BCUT2D eigenvalue weighted by atomic mass is 32.3. The van der Waals surface area contributed by atoms with Gasteiger partial charge in [-0.3, -0.25) is 0 Å². The fraction of sp³-hybridized carbons (Fsp3) is 0.167. The van der Waals surface area contributed by atoms with E-state index in [4.69, 9.17) is 0 Å². The quantitative estimate of drug-likeness (QED) is 0.761. The lowest BCUT2D eigenvalue weighted by Gasteiger charge is -2.15. The number of hydrogen-bond acceptors (Lipinski definition) is 6. The lowest BCUT2D eigenvalue weighted by molar-refractivity contribution is 1.37. The van der Waals surface area contributed by atoms with Crippen LogP contribution in [0.2, 0.25) is 0 Å². The standard InChI is InChI=1S/C12H11N3O3S/c1-8-3-4-9(2)12-7-10(5-6-11(8)12)19(13-16,14-17)15-18/h3-7H,1-2H3. The molecule has 2 rings (SSSR count). The molecule has 0 aromatic heterocycles. The summed E-state index contributed by atoms with van der Waals surface area (Å²) in [6.07, 6.45) is 0. The maximum atomic E-state index is 10.8. The monoisotopic (exact) mass is 277 g/mol. The van der Waals surface area contributed by atoms with Crippen LogP contribution in [-0.2, 0) is 0 Å². The number of nitrogens with zero attached hydrogens (tertiary/aromatic N) is 3. The van der Waals surface area contributed by atoms with E-state index in [1.165, 1.54) is 6.07 Å². The Balaban J connectivity index is 2.78. The van der Waals surface area contributed by atoms with Gasteiger partial charge in [-0.1, -0.05) is 18.2 Å². The van der Waals surface area contributed by atoms with E-state index in [9.17, 15) is 14.7 Å². The zero-order chi connectivity index (χ0) is 14.0. The molecule has 19 heavy (non-hydrogen) atoms. The van der Waals surface area contributed by atoms with Crippen molar-refractivity contribution in [2.24, 2.45) is 13.7 Å². The van der Waals surface area contributed by atoms with Gasteiger partial charge in [0.1, 0.15) is 0 Å². The fourth-order valence-electron chi connectivity index (χ4n) is 1.96. The summed E-state index contributed by atoms with van der Waals surface area (Å²) in [5.74, 6) is 0. The molecule has 7 heteroatoms. The van der Waals surface area contributed by atoms with E-state index >= 15 is 0 Å². The zero-order valence-electron chi connectivity index (χ0n) is 10.4. The maximum absolute atomic E-state index is 10.8. The average Bonchev–Trinajstić information content (AvgIpc) is 2.46. The van der Waals surface area contributed by atoms with E-state index in [-0.39, 0.29) is 4.90 Å². The number of benzene rings is 2. The fourth-order valence-corrected chi connectivity index (χ4v) is 2.83. The van der Waals surface area contributed by atoms with Crippen molar-refractivity contribution in [2.45, 2.75) is 18.7 Å². The first-order chi connectivity index (χ1) is 9.07. The SMILES string of the molecule is Cc1ccc(C)c2cc(S(N=O)(N=O)N=O)ccc12. The Morgan fingerprint density at radius 3 is 1.84 bits per heavy atom. The Bertz CT molecular complexity index is 665. The van der Waals surface area contributed by atoms with Crippen LogP contribution in [0.25, 0.3) is 10.8 Å². The van der Waals surface area contributed by atoms with Gasteiger partial charge in [-0.25, -0.2) is 0 Å². The van der Waals surface area contributed by atoms with Crippen LogP contribution in [-0.4, -0.2) is 0 Å². The molecule has 0 saturated heterocycles. The van der Waals surface area contributed by atoms with Crippen molar-refractivity contribution in [1.82, 2.24) is 0 Å². The van der Waals surface area contributed by atoms with Gasteiger partial charge in [0.25, 0.3) is 0 Å². The third-order valence-electron chi connectivity index (χ3n) is 3.05. The summed E-state index contributed by atoms with van der Waals surface area (Å²) in [4.78, 5) is 32.5. The smallest absolute Gasteiger partial charge is 0.135 e. The van der Waals surface area contributed by atoms with Crippen LogP contribution in [0.4, 0.5) is 0 Å². The molecule has 0 aliphatic rings. The molecular formula is C12H11N3O3S. The van der Waals surface area contributed by atoms with Crippen LogP contribution >= 0.6 is 10.6 Å². The lowest BCUT2D eigenvalue weighted by atomic mass is 10.0. The van der Waals surface area contributed by atoms with Gasteiger partial charge in [0.15, 0.2) is 10.6 Å². The summed E-state index contributed by atoms with van der Waals surface area (Å²) in [7, 11) is -3.40. The molecule has 0 amide bonds. The Morgan fingerprint density at radius 2 is 1.32 bits per heavy atom. The minimum absolute atomic E-state index is 0.161. The van der Waals surface area contributed by atoms with Gasteiger partial charge in [-0.05, 0) is 47.9 Å². The van der Waals surface area contributed by atoms with Crippen molar-refractivity contribution in [2.75, 3.05) is 0 Å². The number of rotatable bonds is 4. The highest BCUT2D eigenvalue weighted by Crippen LogP contribution is 2.59. The predicted octanol–water partition coefficient (Wildman–Crippen LogP) is 4.66. The van der Waals surface area contributed by atoms with Gasteiger partial charge in [0.2, 0.25) is 0 Å². The molecule has 0 radical (unpaired) electrons. The Kier molecular flexibility index (Phi) is 3.39. The molecule has 98 valence electrons. The summed E-state index contributed by atoms with van der Waals surface area (Å²) in [5.41, 5.74) is 2.03. The van der Waals surface area contributed by atoms with Crippen LogP contribution in [0.5, 0.6) is 0 Å². The highest BCUT2D eigenvalue weighted by molar-refractivity contribution is 8.30. The van der Waals surface area contributed by atoms with E-state index in [1.54, 1.807) is 12.1 Å². The van der Waals surface area contributed by atoms with Crippen LogP contribution in [0, 0.1) is 28.6 Å². The third-order valence-corrected chi connectivity index (χ3v) is 4.56. The Labute approximate surface area is 110 Å². The first-order valence-corrected chi connectivity index (χ1v) is 6.95. The molecule has 0 aliphatic carbocycles. The van der Waals surface area contributed by atoms with Gasteiger partial charge in [0, 0.05) is 13.7 Å². The largest absolute Gasteiger partial charge is 0.197 e. The van der Waals surface area contributed by atoms with Crippen LogP contribution in [0.1, 0.15) is 11.1 Å². The summed E-state index contributed by atoms with van der Waals surface area (Å²) < 4.78 is 7.68. The van der Waals surface area contributed by atoms with E-state index in [2.05, 4.69) is 13.7 Å². The second-order valence-electron chi connectivity index (χ2n) is 4.15. The minimum atomic E-state index is -3.40. The average molecular weight is 277 g/mol. The summed E-state index contributed by atoms with van der Waals surface area (Å²) in [6.45, 7) is 3.86. The second kappa shape index (κ2) is 4.85. The number of fused-ring (bicyclic) bond motifs is 1. The van der Waals surface area contributed by atoms with Gasteiger partial charge in [-0.2, -0.15) is 0 Å². The molecule has 0 unspecified atom stereocenters. The second-order valence-corrected chi connectivity index (χ2v) is 6.11. The van der Waals surface area contributed by atoms with Crippen molar-refractivity contribution in [1.29, 1.82) is 0 Å². The summed E-state index contributed by atoms with van der Waals surface area (Å²) >= 11 is 0. The lowest BCUT2D eigenvalue weighted by Crippen LogP contribution is -1.91. The first kappa shape index (κ1) is 13.3. The molecular weight excluding hydrogens is 266 g/mol. The van der Waals surface area contributed by atoms with Crippen molar-refractivity contribution >= 4 is 21.4 Å².